The highest BCUT2D eigenvalue weighted by molar-refractivity contribution is 6.00. The van der Waals surface area contributed by atoms with Crippen molar-refractivity contribution in [1.29, 1.82) is 0 Å². The minimum Gasteiger partial charge on any atom is -0.457 e. The van der Waals surface area contributed by atoms with Crippen molar-refractivity contribution in [2.24, 2.45) is 29.6 Å². The van der Waals surface area contributed by atoms with E-state index in [1.807, 2.05) is 32.8 Å². The number of aliphatic hydroxyl groups is 1. The number of Topliss-reactive ketones (excluding diaryl/α,β-unsaturated/α-hetero) is 2. The van der Waals surface area contributed by atoms with Crippen LogP contribution in [0.3, 0.4) is 0 Å². The molecule has 3 rings (SSSR count). The van der Waals surface area contributed by atoms with Gasteiger partial charge in [0.1, 0.15) is 23.9 Å². The van der Waals surface area contributed by atoms with Crippen LogP contribution in [0.4, 0.5) is 4.79 Å². The molecule has 3 heterocycles. The zero-order valence-electron chi connectivity index (χ0n) is 28.5. The number of methoxy groups -OCH3 is 1. The minimum atomic E-state index is -1.37. The van der Waals surface area contributed by atoms with E-state index in [-0.39, 0.29) is 30.8 Å². The molecular formula is C33H54N2O10. The molecule has 2 N–H and O–H groups in total. The Kier molecular flexibility index (Phi) is 12.4. The van der Waals surface area contributed by atoms with Crippen LogP contribution in [0.25, 0.3) is 0 Å². The minimum absolute atomic E-state index is 0.0129. The predicted octanol–water partition coefficient (Wildman–Crippen LogP) is 2.89. The SMILES string of the molecule is C=CCC1C(=O)O[C@H](CC)[C@@]2(C)OC(=O)NC2[C@@H](C)C(=O)[C@H](C)[C@H](OC)[C@H](C)[C@H](O[C@@H]2O[C@H](C)C[C@H](N(C)C)[C@H]2O)[C@@H](C)C1=O. The number of rotatable bonds is 7. The van der Waals surface area contributed by atoms with E-state index in [4.69, 9.17) is 23.7 Å². The highest BCUT2D eigenvalue weighted by atomic mass is 16.7. The Labute approximate surface area is 267 Å². The van der Waals surface area contributed by atoms with Gasteiger partial charge in [-0.15, -0.1) is 6.58 Å². The first-order chi connectivity index (χ1) is 21.0. The van der Waals surface area contributed by atoms with E-state index in [1.165, 1.54) is 13.2 Å². The largest absolute Gasteiger partial charge is 0.457 e. The van der Waals surface area contributed by atoms with Gasteiger partial charge in [-0.05, 0) is 47.2 Å². The van der Waals surface area contributed by atoms with Crippen molar-refractivity contribution in [1.82, 2.24) is 10.2 Å². The lowest BCUT2D eigenvalue weighted by Crippen LogP contribution is -2.59. The molecule has 1 amide bonds. The summed E-state index contributed by atoms with van der Waals surface area (Å²) in [5.41, 5.74) is -1.37. The Morgan fingerprint density at radius 3 is 2.22 bits per heavy atom. The molecule has 14 atom stereocenters. The molecule has 3 aliphatic heterocycles. The van der Waals surface area contributed by atoms with Gasteiger partial charge in [0, 0.05) is 36.8 Å². The second kappa shape index (κ2) is 15.0. The maximum Gasteiger partial charge on any atom is 0.408 e. The molecule has 2 unspecified atom stereocenters. The first-order valence-corrected chi connectivity index (χ1v) is 16.1. The van der Waals surface area contributed by atoms with Crippen molar-refractivity contribution in [3.05, 3.63) is 12.7 Å². The zero-order chi connectivity index (χ0) is 34.0. The summed E-state index contributed by atoms with van der Waals surface area (Å²) in [7, 11) is 5.23. The van der Waals surface area contributed by atoms with Gasteiger partial charge in [-0.25, -0.2) is 4.79 Å². The molecule has 3 aliphatic rings. The van der Waals surface area contributed by atoms with Gasteiger partial charge in [-0.3, -0.25) is 14.4 Å². The molecular weight excluding hydrogens is 584 g/mol. The van der Waals surface area contributed by atoms with E-state index in [2.05, 4.69) is 11.9 Å². The maximum atomic E-state index is 14.2. The number of cyclic esters (lactones) is 1. The summed E-state index contributed by atoms with van der Waals surface area (Å²) in [6.07, 6.45) is -3.32. The van der Waals surface area contributed by atoms with E-state index in [0.717, 1.165) is 0 Å². The Hall–Kier alpha value is -2.38. The van der Waals surface area contributed by atoms with Crippen molar-refractivity contribution >= 4 is 23.6 Å². The number of carbonyl (C=O) groups excluding carboxylic acids is 4. The van der Waals surface area contributed by atoms with Crippen LogP contribution in [0.1, 0.15) is 67.7 Å². The van der Waals surface area contributed by atoms with Crippen LogP contribution in [-0.4, -0.2) is 109 Å². The summed E-state index contributed by atoms with van der Waals surface area (Å²) >= 11 is 0. The summed E-state index contributed by atoms with van der Waals surface area (Å²) in [5, 5.41) is 14.1. The van der Waals surface area contributed by atoms with Crippen molar-refractivity contribution in [2.45, 2.75) is 122 Å². The number of nitrogens with one attached hydrogen (secondary N) is 1. The van der Waals surface area contributed by atoms with Crippen molar-refractivity contribution in [3.63, 3.8) is 0 Å². The average Bonchev–Trinajstić information content (AvgIpc) is 3.30. The number of carbonyl (C=O) groups is 4. The number of fused-ring (bicyclic) bond motifs is 1. The number of esters is 1. The van der Waals surface area contributed by atoms with E-state index in [0.29, 0.717) is 6.42 Å². The number of nitrogens with zero attached hydrogens (tertiary/aromatic N) is 1. The van der Waals surface area contributed by atoms with Crippen LogP contribution in [0.15, 0.2) is 12.7 Å². The quantitative estimate of drug-likeness (QED) is 0.241. The van der Waals surface area contributed by atoms with Gasteiger partial charge in [0.2, 0.25) is 0 Å². The monoisotopic (exact) mass is 638 g/mol. The third-order valence-electron chi connectivity index (χ3n) is 10.2. The Balaban J connectivity index is 2.14. The van der Waals surface area contributed by atoms with Crippen LogP contribution in [0.5, 0.6) is 0 Å². The molecule has 256 valence electrons. The van der Waals surface area contributed by atoms with Crippen molar-refractivity contribution in [2.75, 3.05) is 21.2 Å². The van der Waals surface area contributed by atoms with Crippen LogP contribution < -0.4 is 5.32 Å². The number of likely N-dealkylation sites (N-methyl/N-ethyl adjacent to an activating group) is 1. The number of ketones is 2. The summed E-state index contributed by atoms with van der Waals surface area (Å²) in [6, 6.07) is -1.08. The highest BCUT2D eigenvalue weighted by Gasteiger charge is 2.57. The smallest absolute Gasteiger partial charge is 0.408 e. The van der Waals surface area contributed by atoms with Crippen molar-refractivity contribution < 1.29 is 48.0 Å². The van der Waals surface area contributed by atoms with Gasteiger partial charge in [0.15, 0.2) is 17.7 Å². The molecule has 12 heteroatoms. The zero-order valence-corrected chi connectivity index (χ0v) is 28.5. The standard InChI is InChI=1S/C33H54N2O10/c1-12-14-21-25(37)18(5)28(44-31-26(38)22(35(9)10)15-16(3)42-31)20(7)27(41-11)17(4)24(36)19(6)29-33(8,45-32(40)34-29)23(13-2)43-30(21)39/h12,16-23,26-29,31,38H,1,13-15H2,2-11H3,(H,34,40)/t16-,17+,18+,19+,20+,21?,22+,23-,26-,27+,28-,29?,31+,33-/m1/s1. The first kappa shape index (κ1) is 37.1. The lowest BCUT2D eigenvalue weighted by atomic mass is 9.73. The van der Waals surface area contributed by atoms with Crippen molar-refractivity contribution in [3.8, 4) is 0 Å². The molecule has 0 aliphatic carbocycles. The molecule has 0 saturated carbocycles. The van der Waals surface area contributed by atoms with Crippen LogP contribution in [0, 0.1) is 29.6 Å². The fraction of sp³-hybridized carbons (Fsp3) is 0.818. The van der Waals surface area contributed by atoms with Gasteiger partial charge in [-0.2, -0.15) is 0 Å². The fourth-order valence-corrected chi connectivity index (χ4v) is 7.56. The lowest BCUT2D eigenvalue weighted by Gasteiger charge is -2.45. The second-order valence-electron chi connectivity index (χ2n) is 13.5. The Bertz CT molecular complexity index is 1100. The molecule has 0 radical (unpaired) electrons. The molecule has 45 heavy (non-hydrogen) atoms. The Morgan fingerprint density at radius 1 is 1.04 bits per heavy atom. The third-order valence-corrected chi connectivity index (χ3v) is 10.2. The molecule has 0 spiro atoms. The predicted molar refractivity (Wildman–Crippen MR) is 165 cm³/mol. The van der Waals surface area contributed by atoms with Gasteiger partial charge in [0.05, 0.1) is 24.4 Å². The molecule has 0 bridgehead atoms. The van der Waals surface area contributed by atoms with E-state index >= 15 is 0 Å². The van der Waals surface area contributed by atoms with Gasteiger partial charge in [-0.1, -0.05) is 40.7 Å². The number of hydrogen-bond acceptors (Lipinski definition) is 11. The summed E-state index contributed by atoms with van der Waals surface area (Å²) in [5.74, 6) is -5.58. The number of hydrogen-bond donors (Lipinski definition) is 2. The highest BCUT2D eigenvalue weighted by Crippen LogP contribution is 2.39. The van der Waals surface area contributed by atoms with Crippen LogP contribution in [0.2, 0.25) is 0 Å². The van der Waals surface area contributed by atoms with Crippen LogP contribution in [-0.2, 0) is 38.1 Å². The maximum absolute atomic E-state index is 14.2. The summed E-state index contributed by atoms with van der Waals surface area (Å²) in [6.45, 7) is 16.0. The molecule has 0 aromatic carbocycles. The first-order valence-electron chi connectivity index (χ1n) is 16.1. The number of aliphatic hydroxyl groups excluding tert-OH is 1. The summed E-state index contributed by atoms with van der Waals surface area (Å²) < 4.78 is 30.2. The molecule has 3 fully saturated rings. The molecule has 3 saturated heterocycles. The molecule has 0 aromatic rings. The fourth-order valence-electron chi connectivity index (χ4n) is 7.56. The third kappa shape index (κ3) is 7.45. The van der Waals surface area contributed by atoms with Gasteiger partial charge >= 0.3 is 12.1 Å². The number of ether oxygens (including phenoxy) is 5. The molecule has 12 nitrogen and oxygen atoms in total. The Morgan fingerprint density at radius 2 is 1.67 bits per heavy atom. The average molecular weight is 639 g/mol. The molecule has 0 aromatic heterocycles. The van der Waals surface area contributed by atoms with Gasteiger partial charge < -0.3 is 39.0 Å². The van der Waals surface area contributed by atoms with E-state index < -0.39 is 89.8 Å². The number of amides is 1. The number of alkyl carbamates (subject to hydrolysis) is 1. The summed E-state index contributed by atoms with van der Waals surface area (Å²) in [4.78, 5) is 56.6. The van der Waals surface area contributed by atoms with E-state index in [1.54, 1.807) is 34.6 Å². The topological polar surface area (TPSA) is 150 Å². The van der Waals surface area contributed by atoms with Crippen LogP contribution >= 0.6 is 0 Å². The van der Waals surface area contributed by atoms with Gasteiger partial charge in [0.25, 0.3) is 0 Å². The normalized spacial score (nSPS) is 43.6. The lowest BCUT2D eigenvalue weighted by molar-refractivity contribution is -0.281. The van der Waals surface area contributed by atoms with E-state index in [9.17, 15) is 24.3 Å². The number of allylic oxidation sites excluding steroid dienone is 1. The second-order valence-corrected chi connectivity index (χ2v) is 13.5.